The highest BCUT2D eigenvalue weighted by Gasteiger charge is 2.08. The van der Waals surface area contributed by atoms with Crippen LogP contribution in [0.3, 0.4) is 0 Å². The Balaban J connectivity index is 2.77. The lowest BCUT2D eigenvalue weighted by Crippen LogP contribution is -2.24. The number of likely N-dealkylation sites (N-methyl/N-ethyl adjacent to an activating group) is 1. The van der Waals surface area contributed by atoms with E-state index in [9.17, 15) is 9.90 Å². The van der Waals surface area contributed by atoms with E-state index < -0.39 is 0 Å². The van der Waals surface area contributed by atoms with Gasteiger partial charge in [-0.25, -0.2) is 0 Å². The van der Waals surface area contributed by atoms with Gasteiger partial charge in [0.05, 0.1) is 6.54 Å². The average Bonchev–Trinajstić information content (AvgIpc) is 2.22. The van der Waals surface area contributed by atoms with Crippen molar-refractivity contribution >= 4 is 5.78 Å². The van der Waals surface area contributed by atoms with Crippen molar-refractivity contribution in [2.75, 3.05) is 13.1 Å². The second-order valence-electron chi connectivity index (χ2n) is 4.04. The Kier molecular flexibility index (Phi) is 4.50. The molecular weight excluding hydrogens is 202 g/mol. The van der Waals surface area contributed by atoms with E-state index in [1.165, 1.54) is 0 Å². The first-order chi connectivity index (χ1) is 7.54. The van der Waals surface area contributed by atoms with E-state index >= 15 is 0 Å². The van der Waals surface area contributed by atoms with Crippen LogP contribution in [0, 0.1) is 13.8 Å². The number of Topliss-reactive ketones (excluding diaryl/α,β-unsaturated/α-hetero) is 1. The number of carbonyl (C=O) groups is 1. The van der Waals surface area contributed by atoms with Gasteiger partial charge >= 0.3 is 0 Å². The molecule has 0 aromatic heterocycles. The maximum Gasteiger partial charge on any atom is 0.150 e. The highest BCUT2D eigenvalue weighted by Crippen LogP contribution is 2.20. The molecule has 88 valence electrons. The number of phenols is 1. The van der Waals surface area contributed by atoms with Gasteiger partial charge < -0.3 is 10.4 Å². The van der Waals surface area contributed by atoms with Crippen LogP contribution in [-0.2, 0) is 11.2 Å². The Morgan fingerprint density at radius 1 is 1.38 bits per heavy atom. The number of carbonyl (C=O) groups excluding carboxylic acids is 1. The number of rotatable bonds is 5. The van der Waals surface area contributed by atoms with Crippen LogP contribution in [0.4, 0.5) is 0 Å². The molecule has 0 saturated heterocycles. The van der Waals surface area contributed by atoms with Crippen LogP contribution in [0.2, 0.25) is 0 Å². The van der Waals surface area contributed by atoms with E-state index in [0.717, 1.165) is 23.2 Å². The second kappa shape index (κ2) is 5.66. The minimum absolute atomic E-state index is 0.148. The Morgan fingerprint density at radius 3 is 2.69 bits per heavy atom. The standard InChI is InChI=1S/C13H19NO2/c1-4-14-8-13(16)7-11-6-12(15)5-9(2)10(11)3/h5-6,14-15H,4,7-8H2,1-3H3. The summed E-state index contributed by atoms with van der Waals surface area (Å²) in [7, 11) is 0. The lowest BCUT2D eigenvalue weighted by Gasteiger charge is -2.09. The van der Waals surface area contributed by atoms with Crippen LogP contribution in [0.25, 0.3) is 0 Å². The van der Waals surface area contributed by atoms with Crippen LogP contribution in [0.15, 0.2) is 12.1 Å². The fourth-order valence-electron chi connectivity index (χ4n) is 1.63. The first kappa shape index (κ1) is 12.7. The first-order valence-corrected chi connectivity index (χ1v) is 5.56. The summed E-state index contributed by atoms with van der Waals surface area (Å²) < 4.78 is 0. The molecule has 0 heterocycles. The Morgan fingerprint density at radius 2 is 2.06 bits per heavy atom. The molecule has 0 radical (unpaired) electrons. The van der Waals surface area contributed by atoms with Gasteiger partial charge in [0.1, 0.15) is 5.75 Å². The molecule has 0 saturated carbocycles. The van der Waals surface area contributed by atoms with Crippen molar-refractivity contribution in [1.29, 1.82) is 0 Å². The monoisotopic (exact) mass is 221 g/mol. The van der Waals surface area contributed by atoms with Crippen LogP contribution < -0.4 is 5.32 Å². The maximum absolute atomic E-state index is 11.6. The molecule has 0 aliphatic carbocycles. The number of hydrogen-bond donors (Lipinski definition) is 2. The molecule has 3 nitrogen and oxygen atoms in total. The van der Waals surface area contributed by atoms with E-state index in [1.54, 1.807) is 12.1 Å². The molecule has 0 unspecified atom stereocenters. The lowest BCUT2D eigenvalue weighted by molar-refractivity contribution is -0.117. The highest BCUT2D eigenvalue weighted by atomic mass is 16.3. The van der Waals surface area contributed by atoms with E-state index in [0.29, 0.717) is 13.0 Å². The number of ketones is 1. The van der Waals surface area contributed by atoms with Crippen molar-refractivity contribution in [2.24, 2.45) is 0 Å². The zero-order valence-corrected chi connectivity index (χ0v) is 10.1. The molecule has 1 aromatic carbocycles. The third-order valence-corrected chi connectivity index (χ3v) is 2.72. The molecule has 0 aliphatic rings. The summed E-state index contributed by atoms with van der Waals surface area (Å²) in [6.07, 6.45) is 0.383. The van der Waals surface area contributed by atoms with Crippen LogP contribution in [0.1, 0.15) is 23.6 Å². The Hall–Kier alpha value is -1.35. The quantitative estimate of drug-likeness (QED) is 0.796. The summed E-state index contributed by atoms with van der Waals surface area (Å²) in [5, 5.41) is 12.5. The molecule has 0 spiro atoms. The number of phenolic OH excluding ortho intramolecular Hbond substituents is 1. The van der Waals surface area contributed by atoms with Gasteiger partial charge in [-0.15, -0.1) is 0 Å². The second-order valence-corrected chi connectivity index (χ2v) is 4.04. The van der Waals surface area contributed by atoms with E-state index in [1.807, 2.05) is 20.8 Å². The summed E-state index contributed by atoms with van der Waals surface area (Å²) >= 11 is 0. The van der Waals surface area contributed by atoms with Crippen molar-refractivity contribution in [3.05, 3.63) is 28.8 Å². The van der Waals surface area contributed by atoms with Gasteiger partial charge in [-0.2, -0.15) is 0 Å². The van der Waals surface area contributed by atoms with Gasteiger partial charge in [0.15, 0.2) is 5.78 Å². The maximum atomic E-state index is 11.6. The summed E-state index contributed by atoms with van der Waals surface area (Å²) in [5.74, 6) is 0.379. The zero-order chi connectivity index (χ0) is 12.1. The van der Waals surface area contributed by atoms with Crippen LogP contribution >= 0.6 is 0 Å². The largest absolute Gasteiger partial charge is 0.508 e. The third kappa shape index (κ3) is 3.35. The van der Waals surface area contributed by atoms with Gasteiger partial charge in [0.2, 0.25) is 0 Å². The molecule has 16 heavy (non-hydrogen) atoms. The summed E-state index contributed by atoms with van der Waals surface area (Å²) in [6.45, 7) is 7.07. The summed E-state index contributed by atoms with van der Waals surface area (Å²) in [4.78, 5) is 11.6. The van der Waals surface area contributed by atoms with E-state index in [4.69, 9.17) is 0 Å². The van der Waals surface area contributed by atoms with Crippen LogP contribution in [0.5, 0.6) is 5.75 Å². The van der Waals surface area contributed by atoms with Gasteiger partial charge in [-0.3, -0.25) is 4.79 Å². The molecule has 3 heteroatoms. The Labute approximate surface area is 96.5 Å². The normalized spacial score (nSPS) is 10.4. The van der Waals surface area contributed by atoms with Crippen molar-refractivity contribution in [3.8, 4) is 5.75 Å². The third-order valence-electron chi connectivity index (χ3n) is 2.72. The van der Waals surface area contributed by atoms with Gasteiger partial charge in [0.25, 0.3) is 0 Å². The number of benzene rings is 1. The van der Waals surface area contributed by atoms with Gasteiger partial charge in [-0.1, -0.05) is 6.92 Å². The fraction of sp³-hybridized carbons (Fsp3) is 0.462. The molecule has 0 fully saturated rings. The van der Waals surface area contributed by atoms with E-state index in [2.05, 4.69) is 5.32 Å². The van der Waals surface area contributed by atoms with Crippen molar-refractivity contribution < 1.29 is 9.90 Å². The molecular formula is C13H19NO2. The van der Waals surface area contributed by atoms with Gasteiger partial charge in [0, 0.05) is 6.42 Å². The van der Waals surface area contributed by atoms with Crippen molar-refractivity contribution in [1.82, 2.24) is 5.32 Å². The fourth-order valence-corrected chi connectivity index (χ4v) is 1.63. The minimum Gasteiger partial charge on any atom is -0.508 e. The predicted octanol–water partition coefficient (Wildman–Crippen LogP) is 1.73. The first-order valence-electron chi connectivity index (χ1n) is 5.56. The minimum atomic E-state index is 0.148. The van der Waals surface area contributed by atoms with E-state index in [-0.39, 0.29) is 11.5 Å². The lowest BCUT2D eigenvalue weighted by atomic mass is 9.98. The van der Waals surface area contributed by atoms with Crippen LogP contribution in [-0.4, -0.2) is 24.0 Å². The molecule has 1 rings (SSSR count). The topological polar surface area (TPSA) is 49.3 Å². The number of hydrogen-bond acceptors (Lipinski definition) is 3. The number of nitrogens with one attached hydrogen (secondary N) is 1. The average molecular weight is 221 g/mol. The van der Waals surface area contributed by atoms with Gasteiger partial charge in [-0.05, 0) is 49.2 Å². The molecule has 0 atom stereocenters. The smallest absolute Gasteiger partial charge is 0.150 e. The molecule has 0 amide bonds. The van der Waals surface area contributed by atoms with Crippen molar-refractivity contribution in [2.45, 2.75) is 27.2 Å². The summed E-state index contributed by atoms with van der Waals surface area (Å²) in [6, 6.07) is 3.39. The molecule has 2 N–H and O–H groups in total. The molecule has 0 aliphatic heterocycles. The molecule has 1 aromatic rings. The predicted molar refractivity (Wildman–Crippen MR) is 64.8 cm³/mol. The SMILES string of the molecule is CCNCC(=O)Cc1cc(O)cc(C)c1C. The highest BCUT2D eigenvalue weighted by molar-refractivity contribution is 5.83. The molecule has 0 bridgehead atoms. The Bertz CT molecular complexity index is 386. The van der Waals surface area contributed by atoms with Crippen molar-refractivity contribution in [3.63, 3.8) is 0 Å². The zero-order valence-electron chi connectivity index (χ0n) is 10.1. The summed E-state index contributed by atoms with van der Waals surface area (Å²) in [5.41, 5.74) is 3.02. The number of aryl methyl sites for hydroxylation is 1. The number of aromatic hydroxyl groups is 1.